The molecule has 0 aliphatic carbocycles. The van der Waals surface area contributed by atoms with Crippen LogP contribution in [0, 0.1) is 0 Å². The SMILES string of the molecule is CCOC(=O)[C@@H](NC(=O)[C@@H]1CCCN1C(=O)/C=C/c1ccccc1)[C@@H](OC)c1ccccc1. The van der Waals surface area contributed by atoms with E-state index in [1.807, 2.05) is 60.7 Å². The van der Waals surface area contributed by atoms with Crippen LogP contribution in [0.1, 0.15) is 37.0 Å². The number of amides is 2. The van der Waals surface area contributed by atoms with Gasteiger partial charge in [-0.15, -0.1) is 0 Å². The predicted octanol–water partition coefficient (Wildman–Crippen LogP) is 3.13. The number of nitrogens with one attached hydrogen (secondary N) is 1. The third kappa shape index (κ3) is 6.29. The van der Waals surface area contributed by atoms with Crippen LogP contribution in [0.25, 0.3) is 6.08 Å². The molecule has 7 nitrogen and oxygen atoms in total. The van der Waals surface area contributed by atoms with Gasteiger partial charge < -0.3 is 19.7 Å². The van der Waals surface area contributed by atoms with E-state index < -0.39 is 30.1 Å². The highest BCUT2D eigenvalue weighted by atomic mass is 16.5. The molecule has 1 aliphatic rings. The van der Waals surface area contributed by atoms with Crippen molar-refractivity contribution in [2.75, 3.05) is 20.3 Å². The van der Waals surface area contributed by atoms with E-state index in [0.29, 0.717) is 19.4 Å². The Bertz CT molecular complexity index is 961. The van der Waals surface area contributed by atoms with Crippen molar-refractivity contribution in [1.82, 2.24) is 10.2 Å². The van der Waals surface area contributed by atoms with Crippen molar-refractivity contribution in [1.29, 1.82) is 0 Å². The molecule has 0 spiro atoms. The molecule has 1 heterocycles. The van der Waals surface area contributed by atoms with E-state index in [1.54, 1.807) is 17.9 Å². The summed E-state index contributed by atoms with van der Waals surface area (Å²) >= 11 is 0. The summed E-state index contributed by atoms with van der Waals surface area (Å²) < 4.78 is 10.8. The number of carbonyl (C=O) groups excluding carboxylic acids is 3. The first kappa shape index (κ1) is 24.2. The third-order valence-electron chi connectivity index (χ3n) is 5.58. The van der Waals surface area contributed by atoms with Gasteiger partial charge in [-0.25, -0.2) is 4.79 Å². The van der Waals surface area contributed by atoms with Gasteiger partial charge in [0.05, 0.1) is 6.61 Å². The fourth-order valence-electron chi connectivity index (χ4n) is 3.98. The smallest absolute Gasteiger partial charge is 0.331 e. The number of hydrogen-bond donors (Lipinski definition) is 1. The molecule has 0 aromatic heterocycles. The summed E-state index contributed by atoms with van der Waals surface area (Å²) in [4.78, 5) is 40.3. The fourth-order valence-corrected chi connectivity index (χ4v) is 3.98. The maximum absolute atomic E-state index is 13.2. The average molecular weight is 451 g/mol. The van der Waals surface area contributed by atoms with Gasteiger partial charge in [-0.05, 0) is 37.0 Å². The van der Waals surface area contributed by atoms with Gasteiger partial charge in [-0.3, -0.25) is 9.59 Å². The molecule has 174 valence electrons. The van der Waals surface area contributed by atoms with E-state index in [-0.39, 0.29) is 12.5 Å². The van der Waals surface area contributed by atoms with Crippen molar-refractivity contribution < 1.29 is 23.9 Å². The van der Waals surface area contributed by atoms with E-state index in [4.69, 9.17) is 9.47 Å². The number of nitrogens with zero attached hydrogens (tertiary/aromatic N) is 1. The minimum absolute atomic E-state index is 0.175. The van der Waals surface area contributed by atoms with Crippen LogP contribution in [-0.2, 0) is 23.9 Å². The quantitative estimate of drug-likeness (QED) is 0.469. The number of esters is 1. The van der Waals surface area contributed by atoms with E-state index in [2.05, 4.69) is 5.32 Å². The topological polar surface area (TPSA) is 84.9 Å². The van der Waals surface area contributed by atoms with Crippen molar-refractivity contribution in [2.45, 2.75) is 38.0 Å². The first-order valence-electron chi connectivity index (χ1n) is 11.1. The van der Waals surface area contributed by atoms with Crippen LogP contribution >= 0.6 is 0 Å². The van der Waals surface area contributed by atoms with Gasteiger partial charge in [0.25, 0.3) is 0 Å². The summed E-state index contributed by atoms with van der Waals surface area (Å²) in [5, 5.41) is 2.80. The summed E-state index contributed by atoms with van der Waals surface area (Å²) in [6, 6.07) is 17.0. The Morgan fingerprint density at radius 2 is 1.76 bits per heavy atom. The van der Waals surface area contributed by atoms with Crippen LogP contribution in [0.5, 0.6) is 0 Å². The van der Waals surface area contributed by atoms with Crippen molar-refractivity contribution in [3.63, 3.8) is 0 Å². The van der Waals surface area contributed by atoms with Crippen molar-refractivity contribution in [2.24, 2.45) is 0 Å². The second-order valence-corrected chi connectivity index (χ2v) is 7.74. The molecular weight excluding hydrogens is 420 g/mol. The molecule has 1 fully saturated rings. The zero-order valence-corrected chi connectivity index (χ0v) is 19.0. The molecule has 0 saturated carbocycles. The van der Waals surface area contributed by atoms with Crippen molar-refractivity contribution >= 4 is 23.9 Å². The Morgan fingerprint density at radius 1 is 1.09 bits per heavy atom. The number of benzene rings is 2. The van der Waals surface area contributed by atoms with Gasteiger partial charge in [0.1, 0.15) is 12.1 Å². The van der Waals surface area contributed by atoms with Crippen LogP contribution in [0.3, 0.4) is 0 Å². The van der Waals surface area contributed by atoms with Gasteiger partial charge in [0, 0.05) is 19.7 Å². The number of ether oxygens (including phenoxy) is 2. The van der Waals surface area contributed by atoms with Crippen LogP contribution in [-0.4, -0.2) is 55.0 Å². The average Bonchev–Trinajstić information content (AvgIpc) is 3.34. The highest BCUT2D eigenvalue weighted by Crippen LogP contribution is 2.24. The number of carbonyl (C=O) groups is 3. The molecule has 2 aromatic carbocycles. The van der Waals surface area contributed by atoms with Crippen molar-refractivity contribution in [3.8, 4) is 0 Å². The maximum atomic E-state index is 13.2. The number of rotatable bonds is 9. The second-order valence-electron chi connectivity index (χ2n) is 7.74. The normalized spacial score (nSPS) is 17.5. The van der Waals surface area contributed by atoms with Crippen LogP contribution in [0.4, 0.5) is 0 Å². The number of methoxy groups -OCH3 is 1. The lowest BCUT2D eigenvalue weighted by Crippen LogP contribution is -2.53. The van der Waals surface area contributed by atoms with Gasteiger partial charge in [0.15, 0.2) is 6.04 Å². The van der Waals surface area contributed by atoms with E-state index >= 15 is 0 Å². The molecule has 3 rings (SSSR count). The Balaban J connectivity index is 1.75. The molecule has 0 unspecified atom stereocenters. The Labute approximate surface area is 194 Å². The third-order valence-corrected chi connectivity index (χ3v) is 5.58. The van der Waals surface area contributed by atoms with E-state index in [1.165, 1.54) is 13.2 Å². The summed E-state index contributed by atoms with van der Waals surface area (Å²) in [6.45, 7) is 2.36. The highest BCUT2D eigenvalue weighted by Gasteiger charge is 2.38. The Morgan fingerprint density at radius 3 is 2.39 bits per heavy atom. The van der Waals surface area contributed by atoms with Crippen LogP contribution in [0.15, 0.2) is 66.7 Å². The van der Waals surface area contributed by atoms with Gasteiger partial charge in [-0.2, -0.15) is 0 Å². The Kier molecular flexibility index (Phi) is 8.78. The molecular formula is C26H30N2O5. The lowest BCUT2D eigenvalue weighted by Gasteiger charge is -2.29. The van der Waals surface area contributed by atoms with E-state index in [0.717, 1.165) is 11.1 Å². The second kappa shape index (κ2) is 12.0. The summed E-state index contributed by atoms with van der Waals surface area (Å²) in [5.41, 5.74) is 1.64. The molecule has 1 saturated heterocycles. The molecule has 2 amide bonds. The molecule has 7 heteroatoms. The molecule has 3 atom stereocenters. The predicted molar refractivity (Wildman–Crippen MR) is 125 cm³/mol. The largest absolute Gasteiger partial charge is 0.464 e. The summed E-state index contributed by atoms with van der Waals surface area (Å²) in [5.74, 6) is -1.22. The van der Waals surface area contributed by atoms with Crippen LogP contribution in [0.2, 0.25) is 0 Å². The summed E-state index contributed by atoms with van der Waals surface area (Å²) in [6.07, 6.45) is 3.71. The zero-order chi connectivity index (χ0) is 23.6. The lowest BCUT2D eigenvalue weighted by atomic mass is 10.0. The Hall–Kier alpha value is -3.45. The standard InChI is InChI=1S/C26H30N2O5/c1-3-33-26(31)23(24(32-2)20-13-8-5-9-14-20)27-25(30)21-15-10-18-28(21)22(29)17-16-19-11-6-4-7-12-19/h4-9,11-14,16-17,21,23-24H,3,10,15,18H2,1-2H3,(H,27,30)/b17-16+/t21-,23-,24-/m0/s1. The first-order valence-corrected chi connectivity index (χ1v) is 11.1. The number of hydrogen-bond acceptors (Lipinski definition) is 5. The molecule has 33 heavy (non-hydrogen) atoms. The van der Waals surface area contributed by atoms with Gasteiger partial charge in [-0.1, -0.05) is 60.7 Å². The number of likely N-dealkylation sites (tertiary alicyclic amines) is 1. The van der Waals surface area contributed by atoms with Gasteiger partial charge in [0.2, 0.25) is 11.8 Å². The molecule has 1 aliphatic heterocycles. The fraction of sp³-hybridized carbons (Fsp3) is 0.346. The van der Waals surface area contributed by atoms with Gasteiger partial charge >= 0.3 is 5.97 Å². The van der Waals surface area contributed by atoms with Crippen LogP contribution < -0.4 is 5.32 Å². The summed E-state index contributed by atoms with van der Waals surface area (Å²) in [7, 11) is 1.48. The minimum atomic E-state index is -1.04. The molecule has 1 N–H and O–H groups in total. The highest BCUT2D eigenvalue weighted by molar-refractivity contribution is 5.97. The van der Waals surface area contributed by atoms with Crippen molar-refractivity contribution in [3.05, 3.63) is 77.9 Å². The monoisotopic (exact) mass is 450 g/mol. The zero-order valence-electron chi connectivity index (χ0n) is 19.0. The van der Waals surface area contributed by atoms with E-state index in [9.17, 15) is 14.4 Å². The molecule has 0 bridgehead atoms. The lowest BCUT2D eigenvalue weighted by molar-refractivity contribution is -0.152. The maximum Gasteiger partial charge on any atom is 0.331 e. The molecule has 2 aromatic rings. The molecule has 0 radical (unpaired) electrons. The first-order chi connectivity index (χ1) is 16.0. The minimum Gasteiger partial charge on any atom is -0.464 e.